The molecule has 0 radical (unpaired) electrons. The summed E-state index contributed by atoms with van der Waals surface area (Å²) in [6.45, 7) is 11.7. The molecule has 1 aliphatic carbocycles. The van der Waals surface area contributed by atoms with E-state index in [2.05, 4.69) is 22.5 Å². The van der Waals surface area contributed by atoms with Gasteiger partial charge < -0.3 is 10.6 Å². The average Bonchev–Trinajstić information content (AvgIpc) is 2.81. The van der Waals surface area contributed by atoms with E-state index in [-0.39, 0.29) is 35.5 Å². The second-order valence-electron chi connectivity index (χ2n) is 8.52. The minimum atomic E-state index is -0.697. The molecule has 1 saturated carbocycles. The molecular formula is C23H30N2O3. The van der Waals surface area contributed by atoms with Crippen LogP contribution >= 0.6 is 0 Å². The van der Waals surface area contributed by atoms with E-state index < -0.39 is 5.92 Å². The number of hydrogen-bond acceptors (Lipinski definition) is 3. The molecule has 1 aromatic carbocycles. The lowest BCUT2D eigenvalue weighted by atomic mass is 9.86. The Morgan fingerprint density at radius 1 is 1.18 bits per heavy atom. The molecule has 1 fully saturated rings. The smallest absolute Gasteiger partial charge is 0.315 e. The molecular weight excluding hydrogens is 352 g/mol. The van der Waals surface area contributed by atoms with Gasteiger partial charge in [0.2, 0.25) is 0 Å². The summed E-state index contributed by atoms with van der Waals surface area (Å²) in [6, 6.07) is 3.61. The van der Waals surface area contributed by atoms with Crippen LogP contribution in [0.1, 0.15) is 68.7 Å². The van der Waals surface area contributed by atoms with Crippen molar-refractivity contribution >= 4 is 17.6 Å². The van der Waals surface area contributed by atoms with Crippen molar-refractivity contribution in [3.05, 3.63) is 34.4 Å². The number of carbonyl (C=O) groups excluding carboxylic acids is 3. The molecule has 0 aromatic heterocycles. The van der Waals surface area contributed by atoms with Gasteiger partial charge in [-0.05, 0) is 76.8 Å². The fourth-order valence-corrected chi connectivity index (χ4v) is 3.79. The standard InChI is InChI=1S/C23H30N2O3/c1-7-8-16-11-14(2)19(15(3)12-16)20-18(26)13-17(21(20)27)9-10-24-22(28)25-23(4,5)6/h11-12,17,20H,9-10,13H2,1-6H3,(H2,24,25,28). The van der Waals surface area contributed by atoms with Gasteiger partial charge in [-0.1, -0.05) is 5.92 Å². The van der Waals surface area contributed by atoms with Gasteiger partial charge in [0.25, 0.3) is 0 Å². The van der Waals surface area contributed by atoms with Crippen LogP contribution in [-0.4, -0.2) is 29.7 Å². The van der Waals surface area contributed by atoms with Gasteiger partial charge in [0.1, 0.15) is 11.7 Å². The molecule has 2 rings (SSSR count). The third-order valence-corrected chi connectivity index (χ3v) is 4.88. The van der Waals surface area contributed by atoms with Gasteiger partial charge in [0.05, 0.1) is 0 Å². The highest BCUT2D eigenvalue weighted by Crippen LogP contribution is 2.37. The topological polar surface area (TPSA) is 75.3 Å². The molecule has 28 heavy (non-hydrogen) atoms. The van der Waals surface area contributed by atoms with E-state index in [4.69, 9.17) is 0 Å². The normalized spacial score (nSPS) is 19.2. The zero-order chi connectivity index (χ0) is 21.1. The number of carbonyl (C=O) groups is 3. The Balaban J connectivity index is 2.08. The summed E-state index contributed by atoms with van der Waals surface area (Å²) in [5.74, 6) is 4.79. The van der Waals surface area contributed by atoms with Crippen molar-refractivity contribution in [3.8, 4) is 11.8 Å². The van der Waals surface area contributed by atoms with Crippen LogP contribution in [0.2, 0.25) is 0 Å². The number of benzene rings is 1. The summed E-state index contributed by atoms with van der Waals surface area (Å²) >= 11 is 0. The van der Waals surface area contributed by atoms with Gasteiger partial charge >= 0.3 is 6.03 Å². The second kappa shape index (κ2) is 8.60. The van der Waals surface area contributed by atoms with Gasteiger partial charge in [-0.3, -0.25) is 9.59 Å². The molecule has 0 spiro atoms. The number of hydrogen-bond donors (Lipinski definition) is 2. The minimum absolute atomic E-state index is 0.0327. The lowest BCUT2D eigenvalue weighted by Gasteiger charge is -2.21. The summed E-state index contributed by atoms with van der Waals surface area (Å²) in [4.78, 5) is 37.5. The lowest BCUT2D eigenvalue weighted by molar-refractivity contribution is -0.124. The zero-order valence-corrected chi connectivity index (χ0v) is 17.7. The van der Waals surface area contributed by atoms with Crippen LogP contribution in [0.25, 0.3) is 0 Å². The molecule has 2 atom stereocenters. The van der Waals surface area contributed by atoms with Gasteiger partial charge in [-0.15, -0.1) is 5.92 Å². The summed E-state index contributed by atoms with van der Waals surface area (Å²) < 4.78 is 0. The fraction of sp³-hybridized carbons (Fsp3) is 0.522. The molecule has 2 N–H and O–H groups in total. The third kappa shape index (κ3) is 5.22. The molecule has 0 bridgehead atoms. The first kappa shape index (κ1) is 21.7. The predicted molar refractivity (Wildman–Crippen MR) is 110 cm³/mol. The molecule has 2 unspecified atom stereocenters. The van der Waals surface area contributed by atoms with Crippen molar-refractivity contribution in [2.45, 2.75) is 65.8 Å². The number of amides is 2. The van der Waals surface area contributed by atoms with Crippen molar-refractivity contribution in [1.29, 1.82) is 0 Å². The first-order valence-electron chi connectivity index (χ1n) is 9.70. The van der Waals surface area contributed by atoms with Gasteiger partial charge in [-0.25, -0.2) is 4.79 Å². The van der Waals surface area contributed by atoms with E-state index in [1.807, 2.05) is 46.8 Å². The quantitative estimate of drug-likeness (QED) is 0.619. The molecule has 1 aromatic rings. The van der Waals surface area contributed by atoms with Crippen LogP contribution in [0.5, 0.6) is 0 Å². The van der Waals surface area contributed by atoms with Crippen molar-refractivity contribution in [2.75, 3.05) is 6.54 Å². The largest absolute Gasteiger partial charge is 0.338 e. The lowest BCUT2D eigenvalue weighted by Crippen LogP contribution is -2.46. The summed E-state index contributed by atoms with van der Waals surface area (Å²) in [7, 11) is 0. The summed E-state index contributed by atoms with van der Waals surface area (Å²) in [6.07, 6.45) is 0.706. The Labute approximate surface area is 167 Å². The van der Waals surface area contributed by atoms with Crippen LogP contribution in [0.15, 0.2) is 12.1 Å². The van der Waals surface area contributed by atoms with Gasteiger partial charge in [0.15, 0.2) is 5.78 Å². The zero-order valence-electron chi connectivity index (χ0n) is 17.7. The third-order valence-electron chi connectivity index (χ3n) is 4.88. The van der Waals surface area contributed by atoms with E-state index in [9.17, 15) is 14.4 Å². The van der Waals surface area contributed by atoms with Crippen molar-refractivity contribution < 1.29 is 14.4 Å². The highest BCUT2D eigenvalue weighted by atomic mass is 16.2. The molecule has 1 aliphatic rings. The maximum atomic E-state index is 13.0. The minimum Gasteiger partial charge on any atom is -0.338 e. The second-order valence-corrected chi connectivity index (χ2v) is 8.52. The van der Waals surface area contributed by atoms with Crippen molar-refractivity contribution in [1.82, 2.24) is 10.6 Å². The summed E-state index contributed by atoms with van der Waals surface area (Å²) in [5, 5.41) is 5.59. The number of nitrogens with one attached hydrogen (secondary N) is 2. The van der Waals surface area contributed by atoms with E-state index in [0.717, 1.165) is 22.3 Å². The van der Waals surface area contributed by atoms with Crippen LogP contribution in [0, 0.1) is 31.6 Å². The predicted octanol–water partition coefficient (Wildman–Crippen LogP) is 3.40. The molecule has 0 heterocycles. The SMILES string of the molecule is CC#Cc1cc(C)c(C2C(=O)CC(CCNC(=O)NC(C)(C)C)C2=O)c(C)c1. The number of aryl methyl sites for hydroxylation is 2. The Kier molecular flexibility index (Phi) is 6.66. The molecule has 150 valence electrons. The van der Waals surface area contributed by atoms with Gasteiger partial charge in [-0.2, -0.15) is 0 Å². The number of Topliss-reactive ketones (excluding diaryl/α,β-unsaturated/α-hetero) is 2. The van der Waals surface area contributed by atoms with Crippen LogP contribution < -0.4 is 10.6 Å². The molecule has 2 amide bonds. The van der Waals surface area contributed by atoms with Crippen LogP contribution in [0.3, 0.4) is 0 Å². The van der Waals surface area contributed by atoms with Crippen LogP contribution in [-0.2, 0) is 9.59 Å². The monoisotopic (exact) mass is 382 g/mol. The highest BCUT2D eigenvalue weighted by Gasteiger charge is 2.42. The fourth-order valence-electron chi connectivity index (χ4n) is 3.79. The first-order valence-corrected chi connectivity index (χ1v) is 9.70. The Morgan fingerprint density at radius 3 is 2.32 bits per heavy atom. The van der Waals surface area contributed by atoms with E-state index in [1.54, 1.807) is 6.92 Å². The molecule has 5 heteroatoms. The average molecular weight is 383 g/mol. The van der Waals surface area contributed by atoms with Gasteiger partial charge in [0, 0.05) is 30.0 Å². The van der Waals surface area contributed by atoms with E-state index in [0.29, 0.717) is 13.0 Å². The first-order chi connectivity index (χ1) is 13.0. The maximum Gasteiger partial charge on any atom is 0.315 e. The number of rotatable bonds is 4. The Morgan fingerprint density at radius 2 is 1.79 bits per heavy atom. The summed E-state index contributed by atoms with van der Waals surface area (Å²) in [5.41, 5.74) is 3.24. The number of urea groups is 1. The highest BCUT2D eigenvalue weighted by molar-refractivity contribution is 6.15. The molecule has 0 aliphatic heterocycles. The number of ketones is 2. The van der Waals surface area contributed by atoms with E-state index >= 15 is 0 Å². The van der Waals surface area contributed by atoms with E-state index in [1.165, 1.54) is 0 Å². The van der Waals surface area contributed by atoms with Crippen molar-refractivity contribution in [3.63, 3.8) is 0 Å². The van der Waals surface area contributed by atoms with Crippen LogP contribution in [0.4, 0.5) is 4.79 Å². The molecule has 0 saturated heterocycles. The Bertz CT molecular complexity index is 830. The molecule has 5 nitrogen and oxygen atoms in total. The van der Waals surface area contributed by atoms with Crippen molar-refractivity contribution in [2.24, 2.45) is 5.92 Å². The maximum absolute atomic E-state index is 13.0. The Hall–Kier alpha value is -2.61.